The number of carbonyl (C=O) groups is 1. The second-order valence-electron chi connectivity index (χ2n) is 8.31. The molecule has 0 saturated carbocycles. The summed E-state index contributed by atoms with van der Waals surface area (Å²) in [4.78, 5) is 24.4. The lowest BCUT2D eigenvalue weighted by Gasteiger charge is -2.40. The van der Waals surface area contributed by atoms with Gasteiger partial charge in [0.05, 0.1) is 28.5 Å². The number of aromatic nitrogens is 2. The van der Waals surface area contributed by atoms with E-state index in [-0.39, 0.29) is 35.5 Å². The Bertz CT molecular complexity index is 1220. The molecule has 1 saturated heterocycles. The number of nitrogens with one attached hydrogen (secondary N) is 1. The van der Waals surface area contributed by atoms with Crippen LogP contribution < -0.4 is 10.2 Å². The molecule has 0 spiro atoms. The lowest BCUT2D eigenvalue weighted by molar-refractivity contribution is -0.137. The number of hydrogen-bond donors (Lipinski definition) is 3. The van der Waals surface area contributed by atoms with E-state index in [4.69, 9.17) is 5.11 Å². The molecule has 1 aliphatic heterocycles. The first-order valence-corrected chi connectivity index (χ1v) is 11.6. The summed E-state index contributed by atoms with van der Waals surface area (Å²) in [6.07, 6.45) is -3.95. The van der Waals surface area contributed by atoms with E-state index < -0.39 is 36.3 Å². The van der Waals surface area contributed by atoms with Gasteiger partial charge < -0.3 is 20.0 Å². The molecule has 188 valence electrons. The van der Waals surface area contributed by atoms with E-state index in [1.807, 2.05) is 0 Å². The Hall–Kier alpha value is -3.03. The molecule has 0 unspecified atom stereocenters. The van der Waals surface area contributed by atoms with Crippen LogP contribution in [0.25, 0.3) is 10.2 Å². The molecule has 1 aliphatic rings. The number of aliphatic hydroxyl groups excluding tert-OH is 2. The third kappa shape index (κ3) is 5.63. The summed E-state index contributed by atoms with van der Waals surface area (Å²) in [6.45, 7) is 2.25. The minimum Gasteiger partial charge on any atom is -0.394 e. The fraction of sp³-hybridized carbons (Fsp3) is 0.409. The van der Waals surface area contributed by atoms with Crippen molar-refractivity contribution >= 4 is 38.5 Å². The van der Waals surface area contributed by atoms with Crippen LogP contribution in [0.3, 0.4) is 0 Å². The molecule has 0 radical (unpaired) electrons. The Morgan fingerprint density at radius 1 is 1.31 bits per heavy atom. The lowest BCUT2D eigenvalue weighted by atomic mass is 10.1. The third-order valence-electron chi connectivity index (χ3n) is 5.68. The molecule has 2 aromatic heterocycles. The van der Waals surface area contributed by atoms with Crippen molar-refractivity contribution in [2.24, 2.45) is 0 Å². The summed E-state index contributed by atoms with van der Waals surface area (Å²) < 4.78 is 54.0. The number of thiazole rings is 1. The van der Waals surface area contributed by atoms with Gasteiger partial charge in [0.25, 0.3) is 0 Å². The van der Waals surface area contributed by atoms with E-state index in [0.29, 0.717) is 23.4 Å². The summed E-state index contributed by atoms with van der Waals surface area (Å²) in [7, 11) is 0. The van der Waals surface area contributed by atoms with Crippen LogP contribution in [0.4, 0.5) is 33.3 Å². The van der Waals surface area contributed by atoms with Crippen molar-refractivity contribution < 1.29 is 32.6 Å². The van der Waals surface area contributed by atoms with Crippen LogP contribution in [0.15, 0.2) is 30.5 Å². The fourth-order valence-electron chi connectivity index (χ4n) is 3.92. The Morgan fingerprint density at radius 3 is 2.74 bits per heavy atom. The Labute approximate surface area is 201 Å². The van der Waals surface area contributed by atoms with Gasteiger partial charge in [-0.05, 0) is 36.8 Å². The van der Waals surface area contributed by atoms with Crippen LogP contribution in [-0.4, -0.2) is 69.5 Å². The van der Waals surface area contributed by atoms with E-state index in [1.165, 1.54) is 18.3 Å². The van der Waals surface area contributed by atoms with Crippen LogP contribution in [0.1, 0.15) is 18.1 Å². The molecule has 0 bridgehead atoms. The normalized spacial score (nSPS) is 17.6. The number of amides is 2. The molecule has 2 amide bonds. The van der Waals surface area contributed by atoms with Crippen LogP contribution in [-0.2, 0) is 12.6 Å². The van der Waals surface area contributed by atoms with Gasteiger partial charge in [0.2, 0.25) is 0 Å². The zero-order valence-electron chi connectivity index (χ0n) is 18.6. The van der Waals surface area contributed by atoms with Gasteiger partial charge in [-0.2, -0.15) is 13.2 Å². The van der Waals surface area contributed by atoms with Crippen molar-refractivity contribution in [3.63, 3.8) is 0 Å². The second-order valence-corrected chi connectivity index (χ2v) is 9.34. The average molecular weight is 514 g/mol. The van der Waals surface area contributed by atoms with Crippen molar-refractivity contribution in [2.75, 3.05) is 36.5 Å². The zero-order valence-corrected chi connectivity index (χ0v) is 19.4. The van der Waals surface area contributed by atoms with Crippen LogP contribution in [0, 0.1) is 5.82 Å². The van der Waals surface area contributed by atoms with E-state index in [9.17, 15) is 27.5 Å². The number of hydrogen-bond acceptors (Lipinski definition) is 7. The topological polar surface area (TPSA) is 102 Å². The Morgan fingerprint density at radius 2 is 2.09 bits per heavy atom. The van der Waals surface area contributed by atoms with Gasteiger partial charge in [-0.15, -0.1) is 0 Å². The van der Waals surface area contributed by atoms with E-state index in [0.717, 1.165) is 23.5 Å². The minimum atomic E-state index is -4.48. The first-order valence-electron chi connectivity index (χ1n) is 10.8. The molecule has 1 fully saturated rings. The lowest BCUT2D eigenvalue weighted by Crippen LogP contribution is -2.55. The highest BCUT2D eigenvalue weighted by molar-refractivity contribution is 7.22. The van der Waals surface area contributed by atoms with Gasteiger partial charge in [-0.3, -0.25) is 5.32 Å². The summed E-state index contributed by atoms with van der Waals surface area (Å²) in [5.74, 6) is -0.434. The number of piperazine rings is 1. The number of urea groups is 1. The third-order valence-corrected chi connectivity index (χ3v) is 6.63. The molecule has 3 heterocycles. The van der Waals surface area contributed by atoms with Crippen molar-refractivity contribution in [3.05, 3.63) is 47.4 Å². The number of anilines is 2. The molecular weight excluding hydrogens is 490 g/mol. The predicted molar refractivity (Wildman–Crippen MR) is 123 cm³/mol. The molecular formula is C22H23F4N5O3S. The highest BCUT2D eigenvalue weighted by Gasteiger charge is 2.32. The monoisotopic (exact) mass is 513 g/mol. The molecule has 8 nitrogen and oxygen atoms in total. The molecule has 35 heavy (non-hydrogen) atoms. The number of benzene rings is 1. The molecule has 1 aromatic carbocycles. The van der Waals surface area contributed by atoms with Crippen molar-refractivity contribution in [1.29, 1.82) is 0 Å². The van der Waals surface area contributed by atoms with Crippen molar-refractivity contribution in [1.82, 2.24) is 14.9 Å². The highest BCUT2D eigenvalue weighted by atomic mass is 32.1. The number of pyridine rings is 1. The largest absolute Gasteiger partial charge is 0.416 e. The molecule has 2 atom stereocenters. The van der Waals surface area contributed by atoms with Crippen molar-refractivity contribution in [3.8, 4) is 0 Å². The van der Waals surface area contributed by atoms with Gasteiger partial charge >= 0.3 is 12.2 Å². The van der Waals surface area contributed by atoms with Gasteiger partial charge in [0.1, 0.15) is 0 Å². The van der Waals surface area contributed by atoms with Gasteiger partial charge in [-0.1, -0.05) is 11.3 Å². The standard InChI is InChI=1S/C22H23F4N5O3S/c1-12-10-30(19-16(23)7-13(9-27-19)6-15(33)11-32)4-5-31(12)21(34)29-20-28-17-8-14(22(24,25)26)2-3-18(17)35-20/h2-3,7-9,12,15,32-33H,4-6,10-11H2,1H3,(H,28,29,34)/t12-,15+/m0/s1. The summed E-state index contributed by atoms with van der Waals surface area (Å²) in [5, 5.41) is 21.3. The van der Waals surface area contributed by atoms with Crippen LogP contribution in [0.5, 0.6) is 0 Å². The Balaban J connectivity index is 1.40. The number of rotatable bonds is 5. The SMILES string of the molecule is C[C@H]1CN(c2ncc(C[C@@H](O)CO)cc2F)CCN1C(=O)Nc1nc2cc(C(F)(F)F)ccc2s1. The summed E-state index contributed by atoms with van der Waals surface area (Å²) in [6, 6.07) is 3.75. The number of fused-ring (bicyclic) bond motifs is 1. The quantitative estimate of drug-likeness (QED) is 0.452. The van der Waals surface area contributed by atoms with E-state index >= 15 is 0 Å². The molecule has 0 aliphatic carbocycles. The van der Waals surface area contributed by atoms with Crippen molar-refractivity contribution in [2.45, 2.75) is 31.7 Å². The van der Waals surface area contributed by atoms with E-state index in [1.54, 1.807) is 16.7 Å². The van der Waals surface area contributed by atoms with Crippen LogP contribution in [0.2, 0.25) is 0 Å². The Kier molecular flexibility index (Phi) is 7.10. The first kappa shape index (κ1) is 25.1. The molecule has 3 N–H and O–H groups in total. The minimum absolute atomic E-state index is 0.0777. The number of aliphatic hydroxyl groups is 2. The van der Waals surface area contributed by atoms with Gasteiger partial charge in [0, 0.05) is 38.3 Å². The molecule has 13 heteroatoms. The second kappa shape index (κ2) is 9.91. The van der Waals surface area contributed by atoms with Gasteiger partial charge in [-0.25, -0.2) is 19.2 Å². The predicted octanol–water partition coefficient (Wildman–Crippen LogP) is 3.49. The summed E-state index contributed by atoms with van der Waals surface area (Å²) >= 11 is 1.08. The molecule has 3 aromatic rings. The maximum absolute atomic E-state index is 14.6. The highest BCUT2D eigenvalue weighted by Crippen LogP contribution is 2.34. The number of nitrogens with zero attached hydrogens (tertiary/aromatic N) is 4. The van der Waals surface area contributed by atoms with Gasteiger partial charge in [0.15, 0.2) is 16.8 Å². The summed E-state index contributed by atoms with van der Waals surface area (Å²) in [5.41, 5.74) is -0.206. The maximum Gasteiger partial charge on any atom is 0.416 e. The fourth-order valence-corrected chi connectivity index (χ4v) is 4.76. The maximum atomic E-state index is 14.6. The first-order chi connectivity index (χ1) is 16.5. The smallest absolute Gasteiger partial charge is 0.394 e. The van der Waals surface area contributed by atoms with Crippen LogP contribution >= 0.6 is 11.3 Å². The number of carbonyl (C=O) groups excluding carboxylic acids is 1. The zero-order chi connectivity index (χ0) is 25.3. The molecule has 4 rings (SSSR count). The average Bonchev–Trinajstić information content (AvgIpc) is 3.19. The van der Waals surface area contributed by atoms with E-state index in [2.05, 4.69) is 15.3 Å². The number of alkyl halides is 3. The number of halogens is 4.